The highest BCUT2D eigenvalue weighted by atomic mass is 32.2. The highest BCUT2D eigenvalue weighted by Crippen LogP contribution is 2.72. The normalized spacial score (nSPS) is 54.2. The zero-order valence-electron chi connectivity index (χ0n) is 16.4. The van der Waals surface area contributed by atoms with E-state index in [1.165, 1.54) is 0 Å². The zero-order chi connectivity index (χ0) is 18.9. The molecule has 9 atom stereocenters. The number of aliphatic carboxylic acids is 1. The van der Waals surface area contributed by atoms with Gasteiger partial charge in [0.25, 0.3) is 0 Å². The quantitative estimate of drug-likeness (QED) is 0.784. The molecule has 5 saturated carbocycles. The lowest BCUT2D eigenvalue weighted by Gasteiger charge is -2.69. The number of rotatable bonds is 3. The van der Waals surface area contributed by atoms with E-state index in [0.29, 0.717) is 17.6 Å². The number of carboxylic acid groups (broad SMARTS) is 1. The molecule has 5 fully saturated rings. The first-order chi connectivity index (χ1) is 12.1. The summed E-state index contributed by atoms with van der Waals surface area (Å²) in [7, 11) is -0.876. The molecular formula is C21H34O4S. The summed E-state index contributed by atoms with van der Waals surface area (Å²) < 4.78 is 11.9. The number of carbonyl (C=O) groups is 1. The van der Waals surface area contributed by atoms with E-state index in [1.54, 1.807) is 6.26 Å². The van der Waals surface area contributed by atoms with E-state index in [-0.39, 0.29) is 28.8 Å². The topological polar surface area (TPSA) is 74.6 Å². The fraction of sp³-hybridized carbons (Fsp3) is 0.952. The lowest BCUT2D eigenvalue weighted by Crippen LogP contribution is -2.67. The summed E-state index contributed by atoms with van der Waals surface area (Å²) in [5, 5.41) is 21.4. The minimum atomic E-state index is -0.876. The zero-order valence-corrected chi connectivity index (χ0v) is 17.2. The van der Waals surface area contributed by atoms with Crippen LogP contribution in [0.15, 0.2) is 0 Å². The molecule has 2 N–H and O–H groups in total. The van der Waals surface area contributed by atoms with E-state index in [4.69, 9.17) is 0 Å². The number of aliphatic hydroxyl groups is 1. The van der Waals surface area contributed by atoms with Gasteiger partial charge in [-0.1, -0.05) is 13.3 Å². The lowest BCUT2D eigenvalue weighted by atomic mass is 9.35. The Morgan fingerprint density at radius 1 is 1.12 bits per heavy atom. The molecule has 0 aromatic rings. The van der Waals surface area contributed by atoms with Crippen molar-refractivity contribution >= 4 is 16.8 Å². The fourth-order valence-electron chi connectivity index (χ4n) is 8.23. The molecule has 148 valence electrons. The second-order valence-electron chi connectivity index (χ2n) is 10.3. The van der Waals surface area contributed by atoms with E-state index in [1.807, 2.05) is 6.92 Å². The largest absolute Gasteiger partial charge is 0.481 e. The number of aliphatic hydroxyl groups excluding tert-OH is 1. The van der Waals surface area contributed by atoms with Gasteiger partial charge in [0, 0.05) is 22.8 Å². The molecule has 4 nitrogen and oxygen atoms in total. The molecule has 0 aromatic carbocycles. The Labute approximate surface area is 159 Å². The lowest BCUT2D eigenvalue weighted by molar-refractivity contribution is -0.241. The molecule has 5 aliphatic carbocycles. The fourth-order valence-corrected chi connectivity index (χ4v) is 9.23. The molecule has 0 aromatic heterocycles. The third-order valence-electron chi connectivity index (χ3n) is 9.40. The van der Waals surface area contributed by atoms with Crippen LogP contribution in [0.1, 0.15) is 65.2 Å². The van der Waals surface area contributed by atoms with Crippen molar-refractivity contribution in [3.05, 3.63) is 0 Å². The predicted octanol–water partition coefficient (Wildman–Crippen LogP) is 3.45. The van der Waals surface area contributed by atoms with Gasteiger partial charge >= 0.3 is 5.97 Å². The van der Waals surface area contributed by atoms with Crippen molar-refractivity contribution in [2.75, 3.05) is 12.0 Å². The van der Waals surface area contributed by atoms with Gasteiger partial charge in [0.15, 0.2) is 0 Å². The number of fused-ring (bicyclic) bond motifs is 3. The van der Waals surface area contributed by atoms with Crippen LogP contribution in [-0.4, -0.2) is 38.5 Å². The van der Waals surface area contributed by atoms with Gasteiger partial charge in [-0.15, -0.1) is 0 Å². The van der Waals surface area contributed by atoms with Crippen molar-refractivity contribution in [1.29, 1.82) is 0 Å². The highest BCUT2D eigenvalue weighted by molar-refractivity contribution is 7.84. The average Bonchev–Trinajstić information content (AvgIpc) is 2.57. The molecule has 0 aliphatic heterocycles. The maximum atomic E-state index is 12.1. The Bertz CT molecular complexity index is 636. The van der Waals surface area contributed by atoms with Crippen molar-refractivity contribution in [2.45, 2.75) is 71.3 Å². The van der Waals surface area contributed by atoms with Crippen LogP contribution < -0.4 is 0 Å². The second-order valence-corrected chi connectivity index (χ2v) is 11.8. The van der Waals surface area contributed by atoms with Gasteiger partial charge < -0.3 is 10.2 Å². The van der Waals surface area contributed by atoms with Crippen molar-refractivity contribution in [2.24, 2.45) is 39.9 Å². The van der Waals surface area contributed by atoms with Crippen LogP contribution in [-0.2, 0) is 15.6 Å². The molecule has 0 radical (unpaired) electrons. The first-order valence-corrected chi connectivity index (χ1v) is 12.1. The van der Waals surface area contributed by atoms with E-state index >= 15 is 0 Å². The Hall–Kier alpha value is -0.420. The summed E-state index contributed by atoms with van der Waals surface area (Å²) in [6, 6.07) is 0. The summed E-state index contributed by atoms with van der Waals surface area (Å²) in [4.78, 5) is 12.1. The maximum absolute atomic E-state index is 12.1. The van der Waals surface area contributed by atoms with E-state index in [0.717, 1.165) is 51.4 Å². The molecule has 1 spiro atoms. The van der Waals surface area contributed by atoms with Crippen molar-refractivity contribution in [1.82, 2.24) is 0 Å². The molecule has 5 rings (SSSR count). The third-order valence-corrected chi connectivity index (χ3v) is 10.3. The minimum absolute atomic E-state index is 0.0135. The molecule has 0 heterocycles. The van der Waals surface area contributed by atoms with Crippen LogP contribution in [0.25, 0.3) is 0 Å². The molecular weight excluding hydrogens is 348 g/mol. The Morgan fingerprint density at radius 2 is 1.81 bits per heavy atom. The van der Waals surface area contributed by atoms with Gasteiger partial charge in [0.2, 0.25) is 0 Å². The van der Waals surface area contributed by atoms with Crippen LogP contribution in [0, 0.1) is 39.9 Å². The van der Waals surface area contributed by atoms with Gasteiger partial charge in [-0.2, -0.15) is 0 Å². The van der Waals surface area contributed by atoms with Gasteiger partial charge in [0.1, 0.15) is 0 Å². The van der Waals surface area contributed by atoms with Crippen molar-refractivity contribution in [3.8, 4) is 0 Å². The average molecular weight is 383 g/mol. The van der Waals surface area contributed by atoms with E-state index in [2.05, 4.69) is 6.92 Å². The maximum Gasteiger partial charge on any atom is 0.309 e. The smallest absolute Gasteiger partial charge is 0.309 e. The second kappa shape index (κ2) is 6.04. The standard InChI is InChI=1S/C21H34O4S/c1-19-7-4-8-20(2,18(23)24)15(19)6-10-21-9-5-13(11-16(19)21)14(17(21)22)12-26(3)25/h13-17,22H,4-12H2,1-3H3,(H,23,24)/t13-,14-,15-,16-,17+,19+,20+,21-,26?/m0/s1. The van der Waals surface area contributed by atoms with Crippen LogP contribution in [0.2, 0.25) is 0 Å². The van der Waals surface area contributed by atoms with Crippen LogP contribution in [0.4, 0.5) is 0 Å². The van der Waals surface area contributed by atoms with Crippen LogP contribution >= 0.6 is 0 Å². The summed E-state index contributed by atoms with van der Waals surface area (Å²) in [5.41, 5.74) is -0.680. The number of carboxylic acids is 1. The van der Waals surface area contributed by atoms with Crippen LogP contribution in [0.5, 0.6) is 0 Å². The molecule has 5 aliphatic rings. The monoisotopic (exact) mass is 382 g/mol. The summed E-state index contributed by atoms with van der Waals surface area (Å²) in [6.07, 6.45) is 9.42. The first kappa shape index (κ1) is 18.9. The van der Waals surface area contributed by atoms with Gasteiger partial charge in [-0.05, 0) is 86.4 Å². The predicted molar refractivity (Wildman–Crippen MR) is 102 cm³/mol. The third kappa shape index (κ3) is 2.35. The summed E-state index contributed by atoms with van der Waals surface area (Å²) in [5.74, 6) is 1.23. The van der Waals surface area contributed by atoms with Crippen molar-refractivity contribution < 1.29 is 19.2 Å². The Kier molecular flexibility index (Phi) is 4.39. The van der Waals surface area contributed by atoms with E-state index < -0.39 is 22.2 Å². The molecule has 0 amide bonds. The molecule has 5 heteroatoms. The molecule has 2 bridgehead atoms. The summed E-state index contributed by atoms with van der Waals surface area (Å²) in [6.45, 7) is 4.31. The van der Waals surface area contributed by atoms with Gasteiger partial charge in [-0.25, -0.2) is 0 Å². The Balaban J connectivity index is 1.71. The minimum Gasteiger partial charge on any atom is -0.481 e. The molecule has 1 unspecified atom stereocenters. The SMILES string of the molecule is CS(=O)C[C@H]1[C@H]2CC[C@@]3(CC[C@H]4[C@@](C)(CCC[C@@]4(C)C(=O)O)[C@@H]3C2)[C@@H]1O. The molecule has 26 heavy (non-hydrogen) atoms. The number of hydrogen-bond donors (Lipinski definition) is 2. The van der Waals surface area contributed by atoms with Gasteiger partial charge in [-0.3, -0.25) is 9.00 Å². The summed E-state index contributed by atoms with van der Waals surface area (Å²) >= 11 is 0. The van der Waals surface area contributed by atoms with Gasteiger partial charge in [0.05, 0.1) is 11.5 Å². The van der Waals surface area contributed by atoms with Crippen LogP contribution in [0.3, 0.4) is 0 Å². The number of hydrogen-bond acceptors (Lipinski definition) is 3. The highest BCUT2D eigenvalue weighted by Gasteiger charge is 2.68. The first-order valence-electron chi connectivity index (χ1n) is 10.4. The van der Waals surface area contributed by atoms with E-state index in [9.17, 15) is 19.2 Å². The van der Waals surface area contributed by atoms with Crippen molar-refractivity contribution in [3.63, 3.8) is 0 Å². The Morgan fingerprint density at radius 3 is 2.46 bits per heavy atom. The molecule has 0 saturated heterocycles.